The molecule has 4 nitrogen and oxygen atoms in total. The Balaban J connectivity index is 1.64. The van der Waals surface area contributed by atoms with E-state index in [2.05, 4.69) is 24.3 Å². The Hall–Kier alpha value is -2.33. The van der Waals surface area contributed by atoms with E-state index < -0.39 is 0 Å². The van der Waals surface area contributed by atoms with Crippen LogP contribution in [0.3, 0.4) is 0 Å². The number of fused-ring (bicyclic) bond motifs is 1. The van der Waals surface area contributed by atoms with Gasteiger partial charge in [0.25, 0.3) is 0 Å². The van der Waals surface area contributed by atoms with E-state index in [9.17, 15) is 4.79 Å². The van der Waals surface area contributed by atoms with Crippen molar-refractivity contribution in [3.05, 3.63) is 65.2 Å². The van der Waals surface area contributed by atoms with Crippen LogP contribution in [0.1, 0.15) is 48.4 Å². The number of carbonyl (C=O) groups excluding carboxylic acids is 1. The summed E-state index contributed by atoms with van der Waals surface area (Å²) < 4.78 is 11.2. The van der Waals surface area contributed by atoms with Crippen LogP contribution in [-0.4, -0.2) is 37.2 Å². The summed E-state index contributed by atoms with van der Waals surface area (Å²) in [7, 11) is 1.69. The van der Waals surface area contributed by atoms with Crippen LogP contribution in [0.15, 0.2) is 48.5 Å². The zero-order valence-electron chi connectivity index (χ0n) is 15.9. The molecule has 0 spiro atoms. The van der Waals surface area contributed by atoms with E-state index in [-0.39, 0.29) is 18.1 Å². The molecule has 2 aromatic carbocycles. The highest BCUT2D eigenvalue weighted by molar-refractivity contribution is 5.78. The second-order valence-electron chi connectivity index (χ2n) is 7.41. The molecule has 2 aliphatic rings. The molecule has 0 radical (unpaired) electrons. The van der Waals surface area contributed by atoms with Crippen molar-refractivity contribution in [3.63, 3.8) is 0 Å². The summed E-state index contributed by atoms with van der Waals surface area (Å²) in [6, 6.07) is 16.5. The largest absolute Gasteiger partial charge is 0.497 e. The lowest BCUT2D eigenvalue weighted by molar-refractivity contribution is -0.137. The predicted molar refractivity (Wildman–Crippen MR) is 105 cm³/mol. The summed E-state index contributed by atoms with van der Waals surface area (Å²) in [4.78, 5) is 15.2. The van der Waals surface area contributed by atoms with Crippen LogP contribution in [0, 0.1) is 0 Å². The first kappa shape index (κ1) is 18.1. The average Bonchev–Trinajstić information content (AvgIpc) is 2.73. The van der Waals surface area contributed by atoms with Crippen molar-refractivity contribution in [1.29, 1.82) is 0 Å². The Morgan fingerprint density at radius 3 is 2.78 bits per heavy atom. The van der Waals surface area contributed by atoms with Gasteiger partial charge in [0.05, 0.1) is 25.7 Å². The number of amides is 1. The van der Waals surface area contributed by atoms with Crippen molar-refractivity contribution < 1.29 is 14.3 Å². The van der Waals surface area contributed by atoms with E-state index in [1.54, 1.807) is 7.11 Å². The van der Waals surface area contributed by atoms with Crippen molar-refractivity contribution in [3.8, 4) is 5.75 Å². The van der Waals surface area contributed by atoms with Gasteiger partial charge < -0.3 is 14.4 Å². The third-order valence-corrected chi connectivity index (χ3v) is 5.69. The Kier molecular flexibility index (Phi) is 5.44. The first-order valence-electron chi connectivity index (χ1n) is 9.89. The fraction of sp³-hybridized carbons (Fsp3) is 0.435. The molecule has 2 aromatic rings. The summed E-state index contributed by atoms with van der Waals surface area (Å²) in [6.45, 7) is 1.51. The van der Waals surface area contributed by atoms with Gasteiger partial charge in [-0.1, -0.05) is 36.4 Å². The molecule has 0 N–H and O–H groups in total. The molecular formula is C23H27NO3. The SMILES string of the molecule is COc1ccc2c(c1)CCN(C(=O)CC1CCCCO1)C2c1ccccc1. The summed E-state index contributed by atoms with van der Waals surface area (Å²) in [6.07, 6.45) is 4.66. The minimum absolute atomic E-state index is 0.0445. The molecular weight excluding hydrogens is 338 g/mol. The topological polar surface area (TPSA) is 38.8 Å². The number of rotatable bonds is 4. The van der Waals surface area contributed by atoms with E-state index in [1.165, 1.54) is 11.1 Å². The lowest BCUT2D eigenvalue weighted by Crippen LogP contribution is -2.42. The molecule has 0 saturated carbocycles. The highest BCUT2D eigenvalue weighted by atomic mass is 16.5. The minimum Gasteiger partial charge on any atom is -0.497 e. The van der Waals surface area contributed by atoms with Crippen molar-refractivity contribution in [2.75, 3.05) is 20.3 Å². The van der Waals surface area contributed by atoms with Crippen molar-refractivity contribution in [1.82, 2.24) is 4.90 Å². The zero-order chi connectivity index (χ0) is 18.6. The summed E-state index contributed by atoms with van der Waals surface area (Å²) in [5, 5.41) is 0. The van der Waals surface area contributed by atoms with Crippen molar-refractivity contribution >= 4 is 5.91 Å². The highest BCUT2D eigenvalue weighted by Crippen LogP contribution is 2.37. The molecule has 1 saturated heterocycles. The van der Waals surface area contributed by atoms with Gasteiger partial charge in [0, 0.05) is 13.2 Å². The van der Waals surface area contributed by atoms with Crippen LogP contribution in [0.25, 0.3) is 0 Å². The minimum atomic E-state index is -0.0445. The monoisotopic (exact) mass is 365 g/mol. The molecule has 4 heteroatoms. The van der Waals surface area contributed by atoms with Gasteiger partial charge in [0.15, 0.2) is 0 Å². The molecule has 1 amide bonds. The molecule has 2 atom stereocenters. The molecule has 4 rings (SSSR count). The van der Waals surface area contributed by atoms with Gasteiger partial charge in [0.1, 0.15) is 5.75 Å². The summed E-state index contributed by atoms with van der Waals surface area (Å²) in [5.41, 5.74) is 3.62. The van der Waals surface area contributed by atoms with Gasteiger partial charge in [-0.15, -0.1) is 0 Å². The van der Waals surface area contributed by atoms with E-state index in [0.29, 0.717) is 6.42 Å². The van der Waals surface area contributed by atoms with E-state index in [1.807, 2.05) is 29.2 Å². The summed E-state index contributed by atoms with van der Waals surface area (Å²) >= 11 is 0. The number of hydrogen-bond acceptors (Lipinski definition) is 3. The number of nitrogens with zero attached hydrogens (tertiary/aromatic N) is 1. The fourth-order valence-corrected chi connectivity index (χ4v) is 4.27. The molecule has 0 aromatic heterocycles. The van der Waals surface area contributed by atoms with Gasteiger partial charge in [-0.2, -0.15) is 0 Å². The first-order chi connectivity index (χ1) is 13.3. The average molecular weight is 365 g/mol. The first-order valence-corrected chi connectivity index (χ1v) is 9.89. The van der Waals surface area contributed by atoms with Crippen LogP contribution >= 0.6 is 0 Å². The molecule has 27 heavy (non-hydrogen) atoms. The van der Waals surface area contributed by atoms with E-state index in [4.69, 9.17) is 9.47 Å². The van der Waals surface area contributed by atoms with Gasteiger partial charge in [-0.3, -0.25) is 4.79 Å². The number of hydrogen-bond donors (Lipinski definition) is 0. The molecule has 1 fully saturated rings. The Morgan fingerprint density at radius 2 is 2.04 bits per heavy atom. The molecule has 2 aliphatic heterocycles. The standard InChI is InChI=1S/C23H27NO3/c1-26-19-10-11-21-18(15-19)12-13-24(23(21)17-7-3-2-4-8-17)22(25)16-20-9-5-6-14-27-20/h2-4,7-8,10-11,15,20,23H,5-6,9,12-14,16H2,1H3. The molecule has 2 heterocycles. The number of carbonyl (C=O) groups is 1. The second-order valence-corrected chi connectivity index (χ2v) is 7.41. The maximum Gasteiger partial charge on any atom is 0.225 e. The Bertz CT molecular complexity index is 783. The lowest BCUT2D eigenvalue weighted by atomic mass is 9.87. The highest BCUT2D eigenvalue weighted by Gasteiger charge is 2.33. The fourth-order valence-electron chi connectivity index (χ4n) is 4.27. The van der Waals surface area contributed by atoms with Gasteiger partial charge in [-0.25, -0.2) is 0 Å². The molecule has 0 aliphatic carbocycles. The number of benzene rings is 2. The molecule has 2 unspecified atom stereocenters. The zero-order valence-corrected chi connectivity index (χ0v) is 15.9. The number of ether oxygens (including phenoxy) is 2. The quantitative estimate of drug-likeness (QED) is 0.818. The molecule has 0 bridgehead atoms. The van der Waals surface area contributed by atoms with Crippen LogP contribution in [0.2, 0.25) is 0 Å². The lowest BCUT2D eigenvalue weighted by Gasteiger charge is -2.39. The maximum atomic E-state index is 13.2. The van der Waals surface area contributed by atoms with Gasteiger partial charge >= 0.3 is 0 Å². The third kappa shape index (κ3) is 3.86. The molecule has 142 valence electrons. The Morgan fingerprint density at radius 1 is 1.19 bits per heavy atom. The Labute approximate surface area is 161 Å². The van der Waals surface area contributed by atoms with Crippen molar-refractivity contribution in [2.24, 2.45) is 0 Å². The third-order valence-electron chi connectivity index (χ3n) is 5.69. The van der Waals surface area contributed by atoms with Gasteiger partial charge in [-0.05, 0) is 54.5 Å². The van der Waals surface area contributed by atoms with E-state index in [0.717, 1.165) is 50.1 Å². The second kappa shape index (κ2) is 8.13. The van der Waals surface area contributed by atoms with Crippen LogP contribution in [0.4, 0.5) is 0 Å². The van der Waals surface area contributed by atoms with E-state index >= 15 is 0 Å². The van der Waals surface area contributed by atoms with Gasteiger partial charge in [0.2, 0.25) is 5.91 Å². The smallest absolute Gasteiger partial charge is 0.225 e. The normalized spacial score (nSPS) is 22.2. The van der Waals surface area contributed by atoms with Crippen molar-refractivity contribution in [2.45, 2.75) is 44.2 Å². The predicted octanol–water partition coefficient (Wildman–Crippen LogP) is 4.13. The summed E-state index contributed by atoms with van der Waals surface area (Å²) in [5.74, 6) is 1.06. The van der Waals surface area contributed by atoms with Crippen LogP contribution < -0.4 is 4.74 Å². The van der Waals surface area contributed by atoms with Crippen LogP contribution in [0.5, 0.6) is 5.75 Å². The number of methoxy groups -OCH3 is 1. The maximum absolute atomic E-state index is 13.2. The van der Waals surface area contributed by atoms with Crippen LogP contribution in [-0.2, 0) is 16.0 Å².